The van der Waals surface area contributed by atoms with E-state index in [0.717, 1.165) is 99.7 Å². The second kappa shape index (κ2) is 9.08. The minimum Gasteiger partial charge on any atom is -0.454 e. The van der Waals surface area contributed by atoms with Crippen molar-refractivity contribution in [1.29, 1.82) is 0 Å². The molecule has 10 rings (SSSR count). The Kier molecular flexibility index (Phi) is 4.87. The Morgan fingerprint density at radius 1 is 0.422 bits per heavy atom. The van der Waals surface area contributed by atoms with Gasteiger partial charge in [-0.25, -0.2) is 4.98 Å². The van der Waals surface area contributed by atoms with Crippen LogP contribution in [-0.4, -0.2) is 19.9 Å². The number of benzene rings is 3. The largest absolute Gasteiger partial charge is 0.454 e. The van der Waals surface area contributed by atoms with Gasteiger partial charge in [-0.1, -0.05) is 18.2 Å². The maximum absolute atomic E-state index is 6.47. The lowest BCUT2D eigenvalue weighted by molar-refractivity contribution is 0.667. The zero-order valence-electron chi connectivity index (χ0n) is 23.6. The molecular formula is C38H20N4O3. The Morgan fingerprint density at radius 3 is 1.84 bits per heavy atom. The molecule has 7 aromatic heterocycles. The van der Waals surface area contributed by atoms with Crippen LogP contribution < -0.4 is 0 Å². The Balaban J connectivity index is 1.11. The molecule has 0 bridgehead atoms. The van der Waals surface area contributed by atoms with E-state index in [9.17, 15) is 0 Å². The van der Waals surface area contributed by atoms with Crippen LogP contribution in [0.1, 0.15) is 0 Å². The Morgan fingerprint density at radius 2 is 1.04 bits per heavy atom. The molecule has 45 heavy (non-hydrogen) atoms. The van der Waals surface area contributed by atoms with E-state index in [1.54, 1.807) is 18.6 Å². The first-order valence-corrected chi connectivity index (χ1v) is 14.6. The van der Waals surface area contributed by atoms with Crippen molar-refractivity contribution < 1.29 is 13.3 Å². The Hall–Kier alpha value is -6.34. The highest BCUT2D eigenvalue weighted by Gasteiger charge is 2.17. The van der Waals surface area contributed by atoms with Gasteiger partial charge in [0.05, 0.1) is 5.69 Å². The fourth-order valence-electron chi connectivity index (χ4n) is 6.34. The van der Waals surface area contributed by atoms with Crippen LogP contribution in [-0.2, 0) is 0 Å². The standard InChI is InChI=1S/C38H20N4O3/c1-2-33-35(40-14-1)26-18-22(3-7-30(26)43-33)23-4-8-32-28(19-23)37-38(45-32)25(13-17-41-37)24-5-9-31-27(20-24)36-34(44-31)10-6-29(42-36)21-11-15-39-16-12-21/h1-20H. The molecule has 0 unspecified atom stereocenters. The molecule has 0 saturated carbocycles. The van der Waals surface area contributed by atoms with Gasteiger partial charge in [0, 0.05) is 52.1 Å². The predicted molar refractivity (Wildman–Crippen MR) is 176 cm³/mol. The minimum atomic E-state index is 0.739. The number of furan rings is 3. The number of fused-ring (bicyclic) bond motifs is 9. The predicted octanol–water partition coefficient (Wildman–Crippen LogP) is 9.97. The first-order chi connectivity index (χ1) is 22.3. The first-order valence-electron chi connectivity index (χ1n) is 14.6. The number of hydrogen-bond acceptors (Lipinski definition) is 7. The summed E-state index contributed by atoms with van der Waals surface area (Å²) in [6.45, 7) is 0. The summed E-state index contributed by atoms with van der Waals surface area (Å²) >= 11 is 0. The van der Waals surface area contributed by atoms with Crippen molar-refractivity contribution in [3.8, 4) is 33.5 Å². The van der Waals surface area contributed by atoms with Crippen LogP contribution in [0.5, 0.6) is 0 Å². The third-order valence-electron chi connectivity index (χ3n) is 8.51. The summed E-state index contributed by atoms with van der Waals surface area (Å²) in [5.74, 6) is 0. The fourth-order valence-corrected chi connectivity index (χ4v) is 6.34. The van der Waals surface area contributed by atoms with Crippen LogP contribution in [0.25, 0.3) is 99.7 Å². The molecule has 0 amide bonds. The van der Waals surface area contributed by atoms with Crippen molar-refractivity contribution >= 4 is 66.2 Å². The molecule has 0 saturated heterocycles. The van der Waals surface area contributed by atoms with Crippen molar-refractivity contribution in [2.45, 2.75) is 0 Å². The molecule has 0 atom stereocenters. The average molecular weight is 581 g/mol. The van der Waals surface area contributed by atoms with Gasteiger partial charge in [-0.2, -0.15) is 0 Å². The Bertz CT molecular complexity index is 2780. The highest BCUT2D eigenvalue weighted by molar-refractivity contribution is 6.11. The number of pyridine rings is 4. The molecule has 0 N–H and O–H groups in total. The van der Waals surface area contributed by atoms with Gasteiger partial charge < -0.3 is 13.3 Å². The third kappa shape index (κ3) is 3.64. The molecule has 10 aromatic rings. The van der Waals surface area contributed by atoms with E-state index >= 15 is 0 Å². The second-order valence-corrected chi connectivity index (χ2v) is 11.1. The lowest BCUT2D eigenvalue weighted by atomic mass is 10.0. The highest BCUT2D eigenvalue weighted by Crippen LogP contribution is 2.39. The molecule has 210 valence electrons. The van der Waals surface area contributed by atoms with E-state index in [-0.39, 0.29) is 0 Å². The zero-order chi connectivity index (χ0) is 29.5. The molecular weight excluding hydrogens is 560 g/mol. The van der Waals surface area contributed by atoms with E-state index in [1.165, 1.54) is 0 Å². The lowest BCUT2D eigenvalue weighted by Gasteiger charge is -2.03. The van der Waals surface area contributed by atoms with Gasteiger partial charge in [0.15, 0.2) is 16.7 Å². The monoisotopic (exact) mass is 580 g/mol. The summed E-state index contributed by atoms with van der Waals surface area (Å²) in [4.78, 5) is 18.4. The van der Waals surface area contributed by atoms with E-state index < -0.39 is 0 Å². The van der Waals surface area contributed by atoms with Gasteiger partial charge in [-0.05, 0) is 95.6 Å². The summed E-state index contributed by atoms with van der Waals surface area (Å²) in [6.07, 6.45) is 7.18. The van der Waals surface area contributed by atoms with Crippen molar-refractivity contribution in [2.24, 2.45) is 0 Å². The summed E-state index contributed by atoms with van der Waals surface area (Å²) in [6, 6.07) is 32.3. The van der Waals surface area contributed by atoms with Gasteiger partial charge in [0.2, 0.25) is 0 Å². The molecule has 0 aliphatic heterocycles. The average Bonchev–Trinajstić information content (AvgIpc) is 3.78. The molecule has 7 heterocycles. The highest BCUT2D eigenvalue weighted by atomic mass is 16.3. The van der Waals surface area contributed by atoms with Gasteiger partial charge >= 0.3 is 0 Å². The van der Waals surface area contributed by atoms with Crippen molar-refractivity contribution in [2.75, 3.05) is 0 Å². The fraction of sp³-hybridized carbons (Fsp3) is 0. The van der Waals surface area contributed by atoms with Crippen LogP contribution in [0.15, 0.2) is 135 Å². The van der Waals surface area contributed by atoms with Crippen LogP contribution in [0.3, 0.4) is 0 Å². The summed E-state index contributed by atoms with van der Waals surface area (Å²) in [7, 11) is 0. The first kappa shape index (κ1) is 24.1. The topological polar surface area (TPSA) is 91.0 Å². The van der Waals surface area contributed by atoms with Gasteiger partial charge in [-0.15, -0.1) is 0 Å². The van der Waals surface area contributed by atoms with Crippen LogP contribution in [0.2, 0.25) is 0 Å². The number of rotatable bonds is 3. The molecule has 0 aliphatic carbocycles. The summed E-state index contributed by atoms with van der Waals surface area (Å²) < 4.78 is 18.6. The number of nitrogens with zero attached hydrogens (tertiary/aromatic N) is 4. The lowest BCUT2D eigenvalue weighted by Crippen LogP contribution is -1.84. The normalized spacial score (nSPS) is 12.0. The maximum atomic E-state index is 6.47. The van der Waals surface area contributed by atoms with Crippen LogP contribution >= 0.6 is 0 Å². The van der Waals surface area contributed by atoms with Crippen molar-refractivity contribution in [3.05, 3.63) is 122 Å². The molecule has 0 spiro atoms. The summed E-state index contributed by atoms with van der Waals surface area (Å²) in [5.41, 5.74) is 13.1. The van der Waals surface area contributed by atoms with Crippen molar-refractivity contribution in [3.63, 3.8) is 0 Å². The van der Waals surface area contributed by atoms with Gasteiger partial charge in [0.1, 0.15) is 33.3 Å². The maximum Gasteiger partial charge on any atom is 0.161 e. The van der Waals surface area contributed by atoms with Crippen LogP contribution in [0.4, 0.5) is 0 Å². The minimum absolute atomic E-state index is 0.739. The zero-order valence-corrected chi connectivity index (χ0v) is 23.6. The van der Waals surface area contributed by atoms with E-state index in [2.05, 4.69) is 46.4 Å². The van der Waals surface area contributed by atoms with E-state index in [0.29, 0.717) is 0 Å². The molecule has 0 radical (unpaired) electrons. The molecule has 7 heteroatoms. The molecule has 0 aliphatic rings. The third-order valence-corrected chi connectivity index (χ3v) is 8.51. The van der Waals surface area contributed by atoms with Gasteiger partial charge in [-0.3, -0.25) is 15.0 Å². The van der Waals surface area contributed by atoms with Crippen LogP contribution in [0, 0.1) is 0 Å². The van der Waals surface area contributed by atoms with Gasteiger partial charge in [0.25, 0.3) is 0 Å². The molecule has 0 fully saturated rings. The Labute approximate surface area is 254 Å². The second-order valence-electron chi connectivity index (χ2n) is 11.1. The summed E-state index contributed by atoms with van der Waals surface area (Å²) in [5, 5.41) is 2.89. The quantitative estimate of drug-likeness (QED) is 0.205. The van der Waals surface area contributed by atoms with E-state index in [4.69, 9.17) is 23.2 Å². The van der Waals surface area contributed by atoms with Crippen molar-refractivity contribution in [1.82, 2.24) is 19.9 Å². The molecule has 3 aromatic carbocycles. The van der Waals surface area contributed by atoms with E-state index in [1.807, 2.05) is 66.9 Å². The SMILES string of the molecule is c1cnc2c(c1)oc1ccc(-c3ccc4oc5c(-c6ccc7oc8ccc(-c9ccncc9)nc8c7c6)ccnc5c4c3)cc12. The molecule has 7 nitrogen and oxygen atoms in total. The smallest absolute Gasteiger partial charge is 0.161 e. The number of hydrogen-bond donors (Lipinski definition) is 0. The number of aromatic nitrogens is 4.